The van der Waals surface area contributed by atoms with Gasteiger partial charge in [-0.15, -0.1) is 0 Å². The van der Waals surface area contributed by atoms with E-state index in [1.54, 1.807) is 0 Å². The highest BCUT2D eigenvalue weighted by molar-refractivity contribution is 4.91. The highest BCUT2D eigenvalue weighted by atomic mass is 16.5. The molecule has 4 nitrogen and oxygen atoms in total. The monoisotopic (exact) mass is 256 g/mol. The van der Waals surface area contributed by atoms with Gasteiger partial charge in [-0.1, -0.05) is 19.8 Å². The maximum atomic E-state index is 9.46. The van der Waals surface area contributed by atoms with E-state index in [0.717, 1.165) is 32.8 Å². The highest BCUT2D eigenvalue weighted by Gasteiger charge is 2.37. The Hall–Kier alpha value is -0.160. The molecule has 1 atom stereocenters. The summed E-state index contributed by atoms with van der Waals surface area (Å²) in [4.78, 5) is 2.45. The molecule has 106 valence electrons. The number of aliphatic hydroxyl groups is 1. The summed E-state index contributed by atoms with van der Waals surface area (Å²) in [6, 6.07) is 0.206. The SMILES string of the molecule is CCNCC1(CN2CCOCC2CO)CCCC1. The first-order chi connectivity index (χ1) is 8.79. The Morgan fingerprint density at radius 3 is 2.83 bits per heavy atom. The molecule has 0 spiro atoms. The average Bonchev–Trinajstić information content (AvgIpc) is 2.86. The molecule has 0 amide bonds. The predicted octanol–water partition coefficient (Wildman–Crippen LogP) is 0.849. The van der Waals surface area contributed by atoms with E-state index in [2.05, 4.69) is 17.1 Å². The second-order valence-electron chi connectivity index (χ2n) is 5.87. The van der Waals surface area contributed by atoms with Crippen LogP contribution in [-0.2, 0) is 4.74 Å². The molecule has 2 N–H and O–H groups in total. The molecule has 1 saturated carbocycles. The summed E-state index contributed by atoms with van der Waals surface area (Å²) in [7, 11) is 0. The third-order valence-corrected chi connectivity index (χ3v) is 4.51. The minimum atomic E-state index is 0.206. The molecule has 0 aromatic carbocycles. The quantitative estimate of drug-likeness (QED) is 0.739. The van der Waals surface area contributed by atoms with E-state index >= 15 is 0 Å². The molecular weight excluding hydrogens is 228 g/mol. The van der Waals surface area contributed by atoms with Crippen LogP contribution in [0.15, 0.2) is 0 Å². The Kier molecular flexibility index (Phi) is 5.42. The van der Waals surface area contributed by atoms with E-state index in [-0.39, 0.29) is 12.6 Å². The van der Waals surface area contributed by atoms with Gasteiger partial charge in [-0.05, 0) is 24.8 Å². The van der Waals surface area contributed by atoms with Crippen LogP contribution < -0.4 is 5.32 Å². The Balaban J connectivity index is 1.94. The number of hydrogen-bond donors (Lipinski definition) is 2. The Labute approximate surface area is 111 Å². The summed E-state index contributed by atoms with van der Waals surface area (Å²) >= 11 is 0. The summed E-state index contributed by atoms with van der Waals surface area (Å²) in [5.41, 5.74) is 0.431. The van der Waals surface area contributed by atoms with Crippen LogP contribution in [0.5, 0.6) is 0 Å². The zero-order chi connectivity index (χ0) is 12.8. The second kappa shape index (κ2) is 6.85. The van der Waals surface area contributed by atoms with Gasteiger partial charge in [0.25, 0.3) is 0 Å². The summed E-state index contributed by atoms with van der Waals surface area (Å²) in [6.45, 7) is 8.16. The minimum Gasteiger partial charge on any atom is -0.395 e. The molecule has 1 unspecified atom stereocenters. The number of morpholine rings is 1. The van der Waals surface area contributed by atoms with Gasteiger partial charge in [-0.25, -0.2) is 0 Å². The number of nitrogens with zero attached hydrogens (tertiary/aromatic N) is 1. The molecule has 1 aliphatic heterocycles. The van der Waals surface area contributed by atoms with Crippen molar-refractivity contribution in [1.82, 2.24) is 10.2 Å². The normalized spacial score (nSPS) is 28.7. The summed E-state index contributed by atoms with van der Waals surface area (Å²) < 4.78 is 5.46. The van der Waals surface area contributed by atoms with Gasteiger partial charge in [0.05, 0.1) is 25.9 Å². The molecule has 2 fully saturated rings. The van der Waals surface area contributed by atoms with Crippen molar-refractivity contribution >= 4 is 0 Å². The van der Waals surface area contributed by atoms with Crippen LogP contribution in [0.2, 0.25) is 0 Å². The third kappa shape index (κ3) is 3.44. The van der Waals surface area contributed by atoms with E-state index in [1.807, 2.05) is 0 Å². The molecule has 0 radical (unpaired) electrons. The van der Waals surface area contributed by atoms with Gasteiger partial charge in [-0.2, -0.15) is 0 Å². The van der Waals surface area contributed by atoms with E-state index in [0.29, 0.717) is 12.0 Å². The van der Waals surface area contributed by atoms with Crippen LogP contribution in [0.4, 0.5) is 0 Å². The van der Waals surface area contributed by atoms with Crippen LogP contribution in [0.3, 0.4) is 0 Å². The topological polar surface area (TPSA) is 44.7 Å². The van der Waals surface area contributed by atoms with Crippen molar-refractivity contribution in [3.63, 3.8) is 0 Å². The van der Waals surface area contributed by atoms with Gasteiger partial charge in [0.15, 0.2) is 0 Å². The molecule has 1 saturated heterocycles. The first-order valence-electron chi connectivity index (χ1n) is 7.43. The van der Waals surface area contributed by atoms with Gasteiger partial charge in [0, 0.05) is 19.6 Å². The van der Waals surface area contributed by atoms with E-state index in [4.69, 9.17) is 4.74 Å². The summed E-state index contributed by atoms with van der Waals surface area (Å²) in [5.74, 6) is 0. The van der Waals surface area contributed by atoms with Crippen molar-refractivity contribution < 1.29 is 9.84 Å². The molecule has 1 aliphatic carbocycles. The fourth-order valence-electron chi connectivity index (χ4n) is 3.40. The zero-order valence-corrected chi connectivity index (χ0v) is 11.7. The number of nitrogens with one attached hydrogen (secondary N) is 1. The molecule has 1 heterocycles. The van der Waals surface area contributed by atoms with Crippen LogP contribution in [-0.4, -0.2) is 62.0 Å². The maximum Gasteiger partial charge on any atom is 0.0644 e. The van der Waals surface area contributed by atoms with Gasteiger partial charge < -0.3 is 15.2 Å². The molecule has 2 rings (SSSR count). The molecule has 4 heteroatoms. The molecule has 2 aliphatic rings. The number of rotatable bonds is 6. The third-order valence-electron chi connectivity index (χ3n) is 4.51. The van der Waals surface area contributed by atoms with Crippen LogP contribution in [0.25, 0.3) is 0 Å². The Morgan fingerprint density at radius 2 is 2.17 bits per heavy atom. The standard InChI is InChI=1S/C14H28N2O2/c1-2-15-11-14(5-3-4-6-14)12-16-7-8-18-10-13(16)9-17/h13,15,17H,2-12H2,1H3. The van der Waals surface area contributed by atoms with Crippen LogP contribution in [0, 0.1) is 5.41 Å². The van der Waals surface area contributed by atoms with Crippen molar-refractivity contribution in [2.45, 2.75) is 38.6 Å². The predicted molar refractivity (Wildman–Crippen MR) is 72.7 cm³/mol. The highest BCUT2D eigenvalue weighted by Crippen LogP contribution is 2.38. The smallest absolute Gasteiger partial charge is 0.0644 e. The summed E-state index contributed by atoms with van der Waals surface area (Å²) in [6.07, 6.45) is 5.38. The minimum absolute atomic E-state index is 0.206. The van der Waals surface area contributed by atoms with Crippen molar-refractivity contribution in [1.29, 1.82) is 0 Å². The van der Waals surface area contributed by atoms with E-state index < -0.39 is 0 Å². The van der Waals surface area contributed by atoms with Gasteiger partial charge >= 0.3 is 0 Å². The second-order valence-corrected chi connectivity index (χ2v) is 5.87. The number of ether oxygens (including phenoxy) is 1. The summed E-state index contributed by atoms with van der Waals surface area (Å²) in [5, 5.41) is 13.0. The van der Waals surface area contributed by atoms with Crippen LogP contribution >= 0.6 is 0 Å². The molecule has 0 bridgehead atoms. The van der Waals surface area contributed by atoms with Gasteiger partial charge in [-0.3, -0.25) is 4.90 Å². The van der Waals surface area contributed by atoms with Gasteiger partial charge in [0.2, 0.25) is 0 Å². The van der Waals surface area contributed by atoms with Crippen molar-refractivity contribution in [3.05, 3.63) is 0 Å². The fourth-order valence-corrected chi connectivity index (χ4v) is 3.40. The molecular formula is C14H28N2O2. The first-order valence-corrected chi connectivity index (χ1v) is 7.43. The largest absolute Gasteiger partial charge is 0.395 e. The van der Waals surface area contributed by atoms with Gasteiger partial charge in [0.1, 0.15) is 0 Å². The Bertz CT molecular complexity index is 242. The molecule has 18 heavy (non-hydrogen) atoms. The van der Waals surface area contributed by atoms with E-state index in [9.17, 15) is 5.11 Å². The number of aliphatic hydroxyl groups excluding tert-OH is 1. The lowest BCUT2D eigenvalue weighted by Crippen LogP contribution is -2.53. The first kappa shape index (κ1) is 14.3. The maximum absolute atomic E-state index is 9.46. The van der Waals surface area contributed by atoms with Crippen molar-refractivity contribution in [2.24, 2.45) is 5.41 Å². The number of hydrogen-bond acceptors (Lipinski definition) is 4. The lowest BCUT2D eigenvalue weighted by Gasteiger charge is -2.41. The molecule has 0 aromatic rings. The van der Waals surface area contributed by atoms with Crippen LogP contribution in [0.1, 0.15) is 32.6 Å². The Morgan fingerprint density at radius 1 is 1.39 bits per heavy atom. The zero-order valence-electron chi connectivity index (χ0n) is 11.7. The fraction of sp³-hybridized carbons (Fsp3) is 1.00. The average molecular weight is 256 g/mol. The van der Waals surface area contributed by atoms with Crippen molar-refractivity contribution in [2.75, 3.05) is 46.0 Å². The van der Waals surface area contributed by atoms with E-state index in [1.165, 1.54) is 25.7 Å². The van der Waals surface area contributed by atoms with Crippen molar-refractivity contribution in [3.8, 4) is 0 Å². The molecule has 0 aromatic heterocycles. The lowest BCUT2D eigenvalue weighted by atomic mass is 9.84. The lowest BCUT2D eigenvalue weighted by molar-refractivity contribution is -0.0439.